The molecule has 6 rings (SSSR count). The number of hydrogen-bond acceptors (Lipinski definition) is 6. The molecule has 0 amide bonds. The van der Waals surface area contributed by atoms with Gasteiger partial charge in [0, 0.05) is 28.1 Å². The van der Waals surface area contributed by atoms with Crippen molar-refractivity contribution in [2.24, 2.45) is 0 Å². The molecule has 0 spiro atoms. The topological polar surface area (TPSA) is 81.9 Å². The Labute approximate surface area is 165 Å². The summed E-state index contributed by atoms with van der Waals surface area (Å²) in [5.41, 5.74) is 2.77. The average molecular weight is 414 g/mol. The predicted octanol–water partition coefficient (Wildman–Crippen LogP) is 4.60. The van der Waals surface area contributed by atoms with E-state index >= 15 is 0 Å². The lowest BCUT2D eigenvalue weighted by atomic mass is 10.1. The Kier molecular flexibility index (Phi) is 3.59. The molecule has 6 nitrogen and oxygen atoms in total. The van der Waals surface area contributed by atoms with Crippen molar-refractivity contribution in [3.63, 3.8) is 0 Å². The molecule has 0 aliphatic heterocycles. The number of rotatable bonds is 3. The average Bonchev–Trinajstić information content (AvgIpc) is 3.47. The number of hydrogen-bond donors (Lipinski definition) is 1. The molecule has 1 N–H and O–H groups in total. The van der Waals surface area contributed by atoms with Gasteiger partial charge in [-0.25, -0.2) is 19.5 Å². The van der Waals surface area contributed by atoms with Gasteiger partial charge in [-0.3, -0.25) is 5.10 Å². The van der Waals surface area contributed by atoms with Crippen LogP contribution in [-0.4, -0.2) is 34.4 Å². The van der Waals surface area contributed by atoms with Crippen molar-refractivity contribution in [2.75, 3.05) is 0 Å². The summed E-state index contributed by atoms with van der Waals surface area (Å²) in [5.74, 6) is 0. The Balaban J connectivity index is 1.68. The van der Waals surface area contributed by atoms with Crippen molar-refractivity contribution in [1.29, 1.82) is 0 Å². The van der Waals surface area contributed by atoms with E-state index in [0.29, 0.717) is 0 Å². The molecule has 27 heavy (non-hydrogen) atoms. The van der Waals surface area contributed by atoms with Crippen LogP contribution in [0, 0.1) is 0 Å². The molecule has 1 fully saturated rings. The van der Waals surface area contributed by atoms with Crippen LogP contribution < -0.4 is 0 Å². The van der Waals surface area contributed by atoms with Crippen molar-refractivity contribution >= 4 is 60.5 Å². The number of nitrogens with zero attached hydrogens (tertiary/aromatic N) is 4. The number of pyridine rings is 1. The second kappa shape index (κ2) is 6.03. The highest BCUT2D eigenvalue weighted by Gasteiger charge is 2.33. The van der Waals surface area contributed by atoms with Crippen LogP contribution in [-0.2, 0) is 11.2 Å². The van der Waals surface area contributed by atoms with Crippen LogP contribution in [0.4, 0.5) is 0 Å². The van der Waals surface area contributed by atoms with E-state index < -0.39 is 11.2 Å². The second-order valence-corrected chi connectivity index (χ2v) is 10.6. The maximum absolute atomic E-state index is 13.3. The fourth-order valence-electron chi connectivity index (χ4n) is 3.94. The van der Waals surface area contributed by atoms with Crippen LogP contribution in [0.5, 0.6) is 0 Å². The molecule has 0 aromatic carbocycles. The van der Waals surface area contributed by atoms with Crippen molar-refractivity contribution in [3.05, 3.63) is 30.2 Å². The summed E-state index contributed by atoms with van der Waals surface area (Å²) >= 11 is 2.11. The lowest BCUT2D eigenvalue weighted by Crippen LogP contribution is -2.17. The zero-order valence-electron chi connectivity index (χ0n) is 14.2. The predicted molar refractivity (Wildman–Crippen MR) is 110 cm³/mol. The molecule has 1 atom stereocenters. The first-order valence-corrected chi connectivity index (χ1v) is 11.8. The molecule has 0 saturated heterocycles. The molecule has 5 aromatic rings. The quantitative estimate of drug-likeness (QED) is 0.438. The fourth-order valence-corrected chi connectivity index (χ4v) is 7.81. The van der Waals surface area contributed by atoms with E-state index in [-0.39, 0.29) is 5.25 Å². The molecule has 1 unspecified atom stereocenters. The monoisotopic (exact) mass is 413 g/mol. The van der Waals surface area contributed by atoms with E-state index in [1.807, 2.05) is 16.1 Å². The summed E-state index contributed by atoms with van der Waals surface area (Å²) in [7, 11) is 0. The molecule has 5 aromatic heterocycles. The van der Waals surface area contributed by atoms with Crippen molar-refractivity contribution in [2.45, 2.75) is 35.1 Å². The number of thiophene rings is 1. The molecule has 0 bridgehead atoms. The molecule has 1 saturated carbocycles. The maximum Gasteiger partial charge on any atom is 0.234 e. The lowest BCUT2D eigenvalue weighted by molar-refractivity contribution is 0.581. The molecular formula is C18H15N5OS3. The van der Waals surface area contributed by atoms with Crippen molar-refractivity contribution in [1.82, 2.24) is 24.6 Å². The summed E-state index contributed by atoms with van der Waals surface area (Å²) < 4.78 is 16.1. The van der Waals surface area contributed by atoms with E-state index in [2.05, 4.69) is 21.1 Å². The van der Waals surface area contributed by atoms with Gasteiger partial charge in [-0.05, 0) is 31.7 Å². The maximum atomic E-state index is 13.3. The summed E-state index contributed by atoms with van der Waals surface area (Å²) in [4.78, 5) is 14.5. The number of fused-ring (bicyclic) bond motifs is 2. The van der Waals surface area contributed by atoms with Gasteiger partial charge < -0.3 is 4.55 Å². The van der Waals surface area contributed by atoms with Gasteiger partial charge in [0.05, 0.1) is 17.1 Å². The first kappa shape index (κ1) is 16.1. The molecule has 5 heterocycles. The van der Waals surface area contributed by atoms with E-state index in [9.17, 15) is 4.55 Å². The van der Waals surface area contributed by atoms with Gasteiger partial charge in [0.15, 0.2) is 0 Å². The van der Waals surface area contributed by atoms with Crippen LogP contribution in [0.1, 0.15) is 25.7 Å². The molecule has 1 aliphatic rings. The third-order valence-corrected chi connectivity index (χ3v) is 9.28. The first-order valence-electron chi connectivity index (χ1n) is 8.87. The summed E-state index contributed by atoms with van der Waals surface area (Å²) in [6.07, 6.45) is 9.84. The minimum absolute atomic E-state index is 0.252. The Hall–Kier alpha value is -1.94. The zero-order chi connectivity index (χ0) is 18.0. The van der Waals surface area contributed by atoms with Gasteiger partial charge in [-0.15, -0.1) is 11.3 Å². The standard InChI is InChI=1S/C18H15N5OS3/c24-27(10-3-1-2-4-10)18-15-14-11(13-8-19-9-23(13)22-15)7-12(21-17(14)26-18)16-20-5-6-25-16/h5-10,22H,1-4H2. The highest BCUT2D eigenvalue weighted by atomic mass is 32.2. The van der Waals surface area contributed by atoms with Crippen LogP contribution in [0.25, 0.3) is 37.3 Å². The van der Waals surface area contributed by atoms with Crippen LogP contribution in [0.3, 0.4) is 0 Å². The summed E-state index contributed by atoms with van der Waals surface area (Å²) in [6, 6.07) is 2.08. The number of imidazole rings is 1. The Bertz CT molecular complexity index is 1260. The molecule has 0 radical (unpaired) electrons. The summed E-state index contributed by atoms with van der Waals surface area (Å²) in [5, 5.41) is 8.64. The number of aromatic nitrogens is 5. The van der Waals surface area contributed by atoms with E-state index in [1.165, 1.54) is 12.8 Å². The minimum Gasteiger partial charge on any atom is -0.611 e. The van der Waals surface area contributed by atoms with E-state index in [4.69, 9.17) is 4.98 Å². The number of thiazole rings is 1. The molecule has 9 heteroatoms. The van der Waals surface area contributed by atoms with Crippen LogP contribution in [0.2, 0.25) is 0 Å². The van der Waals surface area contributed by atoms with E-state index in [1.54, 1.807) is 35.2 Å². The SMILES string of the molecule is [O-][S+](c1sc2nc(-c3nccs3)cc3c2c1[nH]n1cncc31)C1CCCC1. The van der Waals surface area contributed by atoms with Crippen molar-refractivity contribution in [3.8, 4) is 10.7 Å². The van der Waals surface area contributed by atoms with Crippen LogP contribution >= 0.6 is 22.7 Å². The van der Waals surface area contributed by atoms with Gasteiger partial charge in [0.25, 0.3) is 0 Å². The zero-order valence-corrected chi connectivity index (χ0v) is 16.7. The Morgan fingerprint density at radius 3 is 3.00 bits per heavy atom. The molecule has 1 aliphatic carbocycles. The highest BCUT2D eigenvalue weighted by Crippen LogP contribution is 2.42. The van der Waals surface area contributed by atoms with E-state index in [0.717, 1.165) is 54.4 Å². The Morgan fingerprint density at radius 1 is 1.30 bits per heavy atom. The summed E-state index contributed by atoms with van der Waals surface area (Å²) in [6.45, 7) is 0. The largest absolute Gasteiger partial charge is 0.611 e. The number of H-pyrrole nitrogens is 1. The second-order valence-electron chi connectivity index (χ2n) is 6.80. The lowest BCUT2D eigenvalue weighted by Gasteiger charge is -2.15. The van der Waals surface area contributed by atoms with Crippen molar-refractivity contribution < 1.29 is 4.55 Å². The van der Waals surface area contributed by atoms with Gasteiger partial charge in [-0.1, -0.05) is 11.3 Å². The first-order chi connectivity index (χ1) is 13.3. The number of aromatic amines is 1. The molecular weight excluding hydrogens is 398 g/mol. The van der Waals surface area contributed by atoms with Gasteiger partial charge in [-0.2, -0.15) is 0 Å². The minimum atomic E-state index is -1.02. The van der Waals surface area contributed by atoms with Gasteiger partial charge in [0.2, 0.25) is 4.21 Å². The smallest absolute Gasteiger partial charge is 0.234 e. The number of nitrogens with one attached hydrogen (secondary N) is 1. The Morgan fingerprint density at radius 2 is 2.19 bits per heavy atom. The molecule has 136 valence electrons. The fraction of sp³-hybridized carbons (Fsp3) is 0.278. The highest BCUT2D eigenvalue weighted by molar-refractivity contribution is 7.94. The normalized spacial score (nSPS) is 16.9. The third kappa shape index (κ3) is 2.39. The third-order valence-electron chi connectivity index (χ3n) is 5.22. The van der Waals surface area contributed by atoms with Gasteiger partial charge >= 0.3 is 0 Å². The van der Waals surface area contributed by atoms with Gasteiger partial charge in [0.1, 0.15) is 32.6 Å². The van der Waals surface area contributed by atoms with Crippen LogP contribution in [0.15, 0.2) is 34.4 Å².